The zero-order valence-corrected chi connectivity index (χ0v) is 20.2. The van der Waals surface area contributed by atoms with Crippen molar-refractivity contribution in [1.82, 2.24) is 14.9 Å². The number of rotatable bonds is 6. The van der Waals surface area contributed by atoms with E-state index in [1.54, 1.807) is 36.7 Å². The topological polar surface area (TPSA) is 92.1 Å². The van der Waals surface area contributed by atoms with E-state index < -0.39 is 10.0 Å². The molecule has 0 bridgehead atoms. The predicted octanol–water partition coefficient (Wildman–Crippen LogP) is 5.29. The van der Waals surface area contributed by atoms with E-state index in [0.29, 0.717) is 0 Å². The molecule has 0 fully saturated rings. The van der Waals surface area contributed by atoms with Crippen LogP contribution in [0.2, 0.25) is 0 Å². The smallest absolute Gasteiger partial charge is 0.238 e. The molecule has 8 heteroatoms. The standard InChI is InChI=1S/C28H25FN4O2S/c29-24-5-3-23(4-6-24)28-27(22-9-14-31-15-10-22)26(19-32-28)21-12-17-33(18-13-21)16-11-20-1-7-25(8-2-20)36(30,34)35/h1-12,14-16,19,32H,13,17-18H2,(H2,30,34,35). The minimum absolute atomic E-state index is 0.0988. The van der Waals surface area contributed by atoms with Crippen molar-refractivity contribution in [1.29, 1.82) is 0 Å². The van der Waals surface area contributed by atoms with Crippen LogP contribution in [0, 0.1) is 5.82 Å². The SMILES string of the molecule is NS(=O)(=O)c1ccc(C=CN2CC=C(c3c[nH]c(-c4ccc(F)cc4)c3-c3ccncc3)CC2)cc1. The van der Waals surface area contributed by atoms with Gasteiger partial charge in [-0.1, -0.05) is 18.2 Å². The molecule has 0 amide bonds. The van der Waals surface area contributed by atoms with Crippen LogP contribution in [-0.4, -0.2) is 36.4 Å². The third kappa shape index (κ3) is 5.15. The lowest BCUT2D eigenvalue weighted by Gasteiger charge is -2.25. The Morgan fingerprint density at radius 1 is 0.972 bits per heavy atom. The van der Waals surface area contributed by atoms with Gasteiger partial charge in [0.15, 0.2) is 0 Å². The fraction of sp³-hybridized carbons (Fsp3) is 0.107. The van der Waals surface area contributed by atoms with Gasteiger partial charge in [0, 0.05) is 42.8 Å². The Morgan fingerprint density at radius 3 is 2.33 bits per heavy atom. The number of sulfonamides is 1. The zero-order valence-electron chi connectivity index (χ0n) is 19.4. The highest BCUT2D eigenvalue weighted by Gasteiger charge is 2.20. The first kappa shape index (κ1) is 23.7. The molecule has 0 saturated heterocycles. The molecule has 0 unspecified atom stereocenters. The molecule has 1 aliphatic rings. The summed E-state index contributed by atoms with van der Waals surface area (Å²) in [5.41, 5.74) is 7.26. The summed E-state index contributed by atoms with van der Waals surface area (Å²) < 4.78 is 36.4. The molecule has 36 heavy (non-hydrogen) atoms. The third-order valence-corrected chi connectivity index (χ3v) is 7.18. The van der Waals surface area contributed by atoms with Crippen LogP contribution in [0.15, 0.2) is 96.4 Å². The molecule has 182 valence electrons. The normalized spacial score (nSPS) is 14.3. The van der Waals surface area contributed by atoms with Crippen LogP contribution in [0.1, 0.15) is 17.5 Å². The Kier molecular flexibility index (Phi) is 6.54. The van der Waals surface area contributed by atoms with Gasteiger partial charge in [-0.05, 0) is 89.5 Å². The van der Waals surface area contributed by atoms with E-state index >= 15 is 0 Å². The summed E-state index contributed by atoms with van der Waals surface area (Å²) in [6.45, 7) is 1.58. The van der Waals surface area contributed by atoms with E-state index in [1.165, 1.54) is 29.8 Å². The first-order valence-electron chi connectivity index (χ1n) is 11.5. The Bertz CT molecular complexity index is 1520. The number of primary sulfonamides is 1. The molecule has 0 spiro atoms. The lowest BCUT2D eigenvalue weighted by Crippen LogP contribution is -2.22. The van der Waals surface area contributed by atoms with Crippen LogP contribution >= 0.6 is 0 Å². The van der Waals surface area contributed by atoms with Crippen molar-refractivity contribution >= 4 is 21.7 Å². The van der Waals surface area contributed by atoms with Gasteiger partial charge in [-0.25, -0.2) is 17.9 Å². The van der Waals surface area contributed by atoms with E-state index in [2.05, 4.69) is 20.9 Å². The average Bonchev–Trinajstić information content (AvgIpc) is 3.34. The summed E-state index contributed by atoms with van der Waals surface area (Å²) in [5, 5.41) is 5.17. The minimum atomic E-state index is -3.69. The monoisotopic (exact) mass is 500 g/mol. The number of nitrogens with zero attached hydrogens (tertiary/aromatic N) is 2. The van der Waals surface area contributed by atoms with Crippen LogP contribution in [0.5, 0.6) is 0 Å². The molecule has 0 aliphatic carbocycles. The Balaban J connectivity index is 1.39. The summed E-state index contributed by atoms with van der Waals surface area (Å²) in [4.78, 5) is 9.88. The van der Waals surface area contributed by atoms with Crippen LogP contribution in [0.3, 0.4) is 0 Å². The van der Waals surface area contributed by atoms with Gasteiger partial charge in [0.1, 0.15) is 5.82 Å². The second-order valence-corrected chi connectivity index (χ2v) is 10.2. The van der Waals surface area contributed by atoms with Gasteiger partial charge in [-0.3, -0.25) is 4.98 Å². The van der Waals surface area contributed by atoms with Gasteiger partial charge in [0.25, 0.3) is 0 Å². The number of halogens is 1. The molecule has 1 aliphatic heterocycles. The number of nitrogens with two attached hydrogens (primary N) is 1. The van der Waals surface area contributed by atoms with Crippen molar-refractivity contribution in [3.05, 3.63) is 108 Å². The number of hydrogen-bond donors (Lipinski definition) is 2. The number of benzene rings is 2. The number of nitrogens with one attached hydrogen (secondary N) is 1. The van der Waals surface area contributed by atoms with Gasteiger partial charge in [0.05, 0.1) is 10.6 Å². The minimum Gasteiger partial charge on any atom is -0.373 e. The molecule has 3 N–H and O–H groups in total. The highest BCUT2D eigenvalue weighted by atomic mass is 32.2. The van der Waals surface area contributed by atoms with E-state index in [1.807, 2.05) is 30.6 Å². The lowest BCUT2D eigenvalue weighted by atomic mass is 9.92. The molecule has 0 saturated carbocycles. The van der Waals surface area contributed by atoms with Crippen molar-refractivity contribution in [2.24, 2.45) is 5.14 Å². The van der Waals surface area contributed by atoms with Gasteiger partial charge in [-0.15, -0.1) is 0 Å². The van der Waals surface area contributed by atoms with Gasteiger partial charge in [-0.2, -0.15) is 0 Å². The summed E-state index contributed by atoms with van der Waals surface area (Å²) in [5.74, 6) is -0.264. The molecule has 3 heterocycles. The molecular formula is C28H25FN4O2S. The first-order chi connectivity index (χ1) is 17.4. The number of aromatic nitrogens is 2. The van der Waals surface area contributed by atoms with Crippen LogP contribution < -0.4 is 5.14 Å². The quantitative estimate of drug-likeness (QED) is 0.376. The highest BCUT2D eigenvalue weighted by molar-refractivity contribution is 7.89. The zero-order chi connectivity index (χ0) is 25.1. The largest absolute Gasteiger partial charge is 0.373 e. The molecule has 5 rings (SSSR count). The van der Waals surface area contributed by atoms with Gasteiger partial charge < -0.3 is 9.88 Å². The lowest BCUT2D eigenvalue weighted by molar-refractivity contribution is 0.416. The van der Waals surface area contributed by atoms with Crippen molar-refractivity contribution in [3.63, 3.8) is 0 Å². The maximum absolute atomic E-state index is 13.5. The summed E-state index contributed by atoms with van der Waals surface area (Å²) in [7, 11) is -3.69. The predicted molar refractivity (Wildman–Crippen MR) is 140 cm³/mol. The molecule has 4 aromatic rings. The molecular weight excluding hydrogens is 475 g/mol. The van der Waals surface area contributed by atoms with Crippen LogP contribution in [-0.2, 0) is 10.0 Å². The van der Waals surface area contributed by atoms with Crippen molar-refractivity contribution in [2.75, 3.05) is 13.1 Å². The third-order valence-electron chi connectivity index (χ3n) is 6.26. The van der Waals surface area contributed by atoms with Crippen LogP contribution in [0.4, 0.5) is 4.39 Å². The maximum atomic E-state index is 13.5. The van der Waals surface area contributed by atoms with Crippen molar-refractivity contribution in [3.8, 4) is 22.4 Å². The van der Waals surface area contributed by atoms with E-state index in [4.69, 9.17) is 5.14 Å². The summed E-state index contributed by atoms with van der Waals surface area (Å²) in [6.07, 6.45) is 12.6. The average molecular weight is 501 g/mol. The molecule has 0 radical (unpaired) electrons. The molecule has 0 atom stereocenters. The van der Waals surface area contributed by atoms with Crippen molar-refractivity contribution in [2.45, 2.75) is 11.3 Å². The summed E-state index contributed by atoms with van der Waals surface area (Å²) in [6, 6.07) is 17.0. The second kappa shape index (κ2) is 9.93. The summed E-state index contributed by atoms with van der Waals surface area (Å²) >= 11 is 0. The van der Waals surface area contributed by atoms with Gasteiger partial charge >= 0.3 is 0 Å². The number of H-pyrrole nitrogens is 1. The fourth-order valence-corrected chi connectivity index (χ4v) is 4.88. The Morgan fingerprint density at radius 2 is 1.69 bits per heavy atom. The number of hydrogen-bond acceptors (Lipinski definition) is 4. The second-order valence-electron chi connectivity index (χ2n) is 8.60. The fourth-order valence-electron chi connectivity index (χ4n) is 4.36. The Labute approximate surface area is 209 Å². The first-order valence-corrected chi connectivity index (χ1v) is 13.1. The van der Waals surface area contributed by atoms with E-state index in [0.717, 1.165) is 53.0 Å². The van der Waals surface area contributed by atoms with Crippen molar-refractivity contribution < 1.29 is 12.8 Å². The highest BCUT2D eigenvalue weighted by Crippen LogP contribution is 2.39. The Hall–Kier alpha value is -4.01. The number of pyridine rings is 1. The molecule has 2 aromatic heterocycles. The van der Waals surface area contributed by atoms with Crippen LogP contribution in [0.25, 0.3) is 34.0 Å². The maximum Gasteiger partial charge on any atom is 0.238 e. The number of aromatic amines is 1. The van der Waals surface area contributed by atoms with E-state index in [9.17, 15) is 12.8 Å². The molecule has 2 aromatic carbocycles. The molecule has 6 nitrogen and oxygen atoms in total. The van der Waals surface area contributed by atoms with E-state index in [-0.39, 0.29) is 10.7 Å². The van der Waals surface area contributed by atoms with Gasteiger partial charge in [0.2, 0.25) is 10.0 Å².